The van der Waals surface area contributed by atoms with E-state index in [4.69, 9.17) is 10.2 Å². The lowest BCUT2D eigenvalue weighted by Crippen LogP contribution is -2.47. The second-order valence-corrected chi connectivity index (χ2v) is 6.31. The van der Waals surface area contributed by atoms with Crippen molar-refractivity contribution in [3.8, 4) is 0 Å². The molecule has 6 nitrogen and oxygen atoms in total. The van der Waals surface area contributed by atoms with Gasteiger partial charge in [0, 0.05) is 25.2 Å². The molecule has 3 N–H and O–H groups in total. The fourth-order valence-electron chi connectivity index (χ4n) is 2.10. The van der Waals surface area contributed by atoms with Gasteiger partial charge in [0.15, 0.2) is 0 Å². The Morgan fingerprint density at radius 1 is 1.56 bits per heavy atom. The van der Waals surface area contributed by atoms with Crippen LogP contribution >= 0.6 is 0 Å². The van der Waals surface area contributed by atoms with Crippen LogP contribution < -0.4 is 10.5 Å². The van der Waals surface area contributed by atoms with Gasteiger partial charge in [-0.1, -0.05) is 0 Å². The van der Waals surface area contributed by atoms with Gasteiger partial charge in [-0.2, -0.15) is 17.4 Å². The molecular weight excluding hydrogens is 254 g/mol. The average molecular weight is 273 g/mol. The Morgan fingerprint density at radius 2 is 2.39 bits per heavy atom. The van der Waals surface area contributed by atoms with E-state index >= 15 is 0 Å². The van der Waals surface area contributed by atoms with Crippen molar-refractivity contribution in [2.45, 2.75) is 19.4 Å². The first-order valence-electron chi connectivity index (χ1n) is 6.07. The maximum atomic E-state index is 12.1. The second kappa shape index (κ2) is 5.83. The highest BCUT2D eigenvalue weighted by Crippen LogP contribution is 2.17. The number of nitrogens with zero attached hydrogens (tertiary/aromatic N) is 1. The topological polar surface area (TPSA) is 88.6 Å². The number of piperidine rings is 1. The van der Waals surface area contributed by atoms with Gasteiger partial charge in [-0.25, -0.2) is 0 Å². The molecule has 18 heavy (non-hydrogen) atoms. The van der Waals surface area contributed by atoms with E-state index in [-0.39, 0.29) is 12.5 Å². The molecule has 0 radical (unpaired) electrons. The van der Waals surface area contributed by atoms with E-state index < -0.39 is 10.2 Å². The molecule has 0 saturated carbocycles. The van der Waals surface area contributed by atoms with Crippen LogP contribution in [0.5, 0.6) is 0 Å². The van der Waals surface area contributed by atoms with Crippen LogP contribution in [-0.2, 0) is 16.8 Å². The van der Waals surface area contributed by atoms with E-state index in [1.54, 1.807) is 6.07 Å². The van der Waals surface area contributed by atoms with E-state index in [9.17, 15) is 8.42 Å². The Balaban J connectivity index is 1.93. The van der Waals surface area contributed by atoms with Crippen LogP contribution in [0.2, 0.25) is 0 Å². The minimum absolute atomic E-state index is 0.253. The van der Waals surface area contributed by atoms with Crippen molar-refractivity contribution in [2.75, 3.05) is 19.6 Å². The third-order valence-electron chi connectivity index (χ3n) is 3.19. The molecule has 7 heteroatoms. The molecule has 102 valence electrons. The molecule has 0 amide bonds. The van der Waals surface area contributed by atoms with Gasteiger partial charge in [-0.15, -0.1) is 0 Å². The molecule has 0 spiro atoms. The lowest BCUT2D eigenvalue weighted by molar-refractivity contribution is 0.268. The molecule has 1 atom stereocenters. The summed E-state index contributed by atoms with van der Waals surface area (Å²) in [6.45, 7) is 1.87. The molecule has 2 heterocycles. The van der Waals surface area contributed by atoms with Gasteiger partial charge < -0.3 is 10.2 Å². The number of hydrogen-bond acceptors (Lipinski definition) is 4. The smallest absolute Gasteiger partial charge is 0.279 e. The molecular formula is C11H19N3O3S. The number of furan rings is 1. The number of nitrogens with two attached hydrogens (primary N) is 1. The molecule has 1 fully saturated rings. The van der Waals surface area contributed by atoms with Crippen LogP contribution in [0, 0.1) is 5.92 Å². The zero-order valence-corrected chi connectivity index (χ0v) is 11.0. The average Bonchev–Trinajstić information content (AvgIpc) is 2.90. The summed E-state index contributed by atoms with van der Waals surface area (Å²) in [6.07, 6.45) is 4.93. The zero-order chi connectivity index (χ0) is 13.0. The maximum absolute atomic E-state index is 12.1. The highest BCUT2D eigenvalue weighted by atomic mass is 32.2. The summed E-state index contributed by atoms with van der Waals surface area (Å²) in [5.74, 6) is 0.268. The fraction of sp³-hybridized carbons (Fsp3) is 0.636. The van der Waals surface area contributed by atoms with Crippen molar-refractivity contribution in [1.82, 2.24) is 9.03 Å². The van der Waals surface area contributed by atoms with Crippen LogP contribution in [-0.4, -0.2) is 32.4 Å². The Labute approximate surface area is 107 Å². The summed E-state index contributed by atoms with van der Waals surface area (Å²) >= 11 is 0. The zero-order valence-electron chi connectivity index (χ0n) is 10.2. The molecule has 1 aromatic rings. The first-order chi connectivity index (χ1) is 8.62. The summed E-state index contributed by atoms with van der Waals surface area (Å²) in [7, 11) is -3.42. The molecule has 1 unspecified atom stereocenters. The summed E-state index contributed by atoms with van der Waals surface area (Å²) in [4.78, 5) is 0. The van der Waals surface area contributed by atoms with Crippen LogP contribution in [0.1, 0.15) is 18.4 Å². The summed E-state index contributed by atoms with van der Waals surface area (Å²) in [5, 5.41) is 0. The molecule has 0 bridgehead atoms. The lowest BCUT2D eigenvalue weighted by atomic mass is 10.0. The first-order valence-corrected chi connectivity index (χ1v) is 7.51. The predicted octanol–water partition coefficient (Wildman–Crippen LogP) is 0.285. The second-order valence-electron chi connectivity index (χ2n) is 4.56. The Hall–Kier alpha value is -0.890. The van der Waals surface area contributed by atoms with Crippen molar-refractivity contribution in [1.29, 1.82) is 0 Å². The van der Waals surface area contributed by atoms with E-state index in [0.717, 1.165) is 18.4 Å². The number of hydrogen-bond donors (Lipinski definition) is 2. The molecule has 1 aliphatic rings. The highest BCUT2D eigenvalue weighted by Gasteiger charge is 2.27. The van der Waals surface area contributed by atoms with E-state index in [0.29, 0.717) is 19.6 Å². The maximum Gasteiger partial charge on any atom is 0.279 e. The van der Waals surface area contributed by atoms with Gasteiger partial charge >= 0.3 is 0 Å². The third-order valence-corrected chi connectivity index (χ3v) is 4.71. The van der Waals surface area contributed by atoms with Crippen molar-refractivity contribution in [2.24, 2.45) is 11.7 Å². The summed E-state index contributed by atoms with van der Waals surface area (Å²) in [6, 6.07) is 1.74. The molecule has 1 saturated heterocycles. The minimum Gasteiger partial charge on any atom is -0.472 e. The van der Waals surface area contributed by atoms with Gasteiger partial charge in [0.1, 0.15) is 0 Å². The third kappa shape index (κ3) is 3.32. The molecule has 1 aromatic heterocycles. The van der Waals surface area contributed by atoms with E-state index in [2.05, 4.69) is 4.72 Å². The Morgan fingerprint density at radius 3 is 3.06 bits per heavy atom. The van der Waals surface area contributed by atoms with Crippen LogP contribution in [0.4, 0.5) is 0 Å². The Kier molecular flexibility index (Phi) is 4.39. The van der Waals surface area contributed by atoms with Crippen molar-refractivity contribution in [3.05, 3.63) is 24.2 Å². The SMILES string of the molecule is NCC1CCCN(S(=O)(=O)NCc2ccoc2)C1. The summed E-state index contributed by atoms with van der Waals surface area (Å²) in [5.41, 5.74) is 6.42. The standard InChI is InChI=1S/C11H19N3O3S/c12-6-10-2-1-4-14(8-10)18(15,16)13-7-11-3-5-17-9-11/h3,5,9-10,13H,1-2,4,6-8,12H2. The van der Waals surface area contributed by atoms with Crippen molar-refractivity contribution < 1.29 is 12.8 Å². The number of rotatable bonds is 5. The molecule has 0 aromatic carbocycles. The summed E-state index contributed by atoms with van der Waals surface area (Å²) < 4.78 is 33.1. The largest absolute Gasteiger partial charge is 0.472 e. The highest BCUT2D eigenvalue weighted by molar-refractivity contribution is 7.87. The molecule has 2 rings (SSSR count). The van der Waals surface area contributed by atoms with Gasteiger partial charge in [-0.05, 0) is 31.4 Å². The van der Waals surface area contributed by atoms with Crippen molar-refractivity contribution >= 4 is 10.2 Å². The quantitative estimate of drug-likeness (QED) is 0.806. The van der Waals surface area contributed by atoms with Crippen LogP contribution in [0.3, 0.4) is 0 Å². The predicted molar refractivity (Wildman–Crippen MR) is 67.8 cm³/mol. The van der Waals surface area contributed by atoms with Crippen molar-refractivity contribution in [3.63, 3.8) is 0 Å². The lowest BCUT2D eigenvalue weighted by Gasteiger charge is -2.31. The molecule has 0 aliphatic carbocycles. The molecule has 1 aliphatic heterocycles. The van der Waals surface area contributed by atoms with Crippen LogP contribution in [0.25, 0.3) is 0 Å². The number of nitrogens with one attached hydrogen (secondary N) is 1. The minimum atomic E-state index is -3.42. The first kappa shape index (κ1) is 13.5. The normalized spacial score (nSPS) is 22.2. The van der Waals surface area contributed by atoms with Gasteiger partial charge in [0.25, 0.3) is 10.2 Å². The van der Waals surface area contributed by atoms with Crippen LogP contribution in [0.15, 0.2) is 23.0 Å². The fourth-order valence-corrected chi connectivity index (χ4v) is 3.40. The monoisotopic (exact) mass is 273 g/mol. The Bertz CT molecular complexity index is 458. The van der Waals surface area contributed by atoms with E-state index in [1.165, 1.54) is 16.8 Å². The van der Waals surface area contributed by atoms with Gasteiger partial charge in [0.05, 0.1) is 12.5 Å². The van der Waals surface area contributed by atoms with Gasteiger partial charge in [0.2, 0.25) is 0 Å². The van der Waals surface area contributed by atoms with Gasteiger partial charge in [-0.3, -0.25) is 0 Å². The van der Waals surface area contributed by atoms with E-state index in [1.807, 2.05) is 0 Å².